The molecule has 0 unspecified atom stereocenters. The third kappa shape index (κ3) is 8.84. The van der Waals surface area contributed by atoms with Gasteiger partial charge < -0.3 is 14.5 Å². The summed E-state index contributed by atoms with van der Waals surface area (Å²) in [6.45, 7) is 6.81. The van der Waals surface area contributed by atoms with Gasteiger partial charge in [0.05, 0.1) is 0 Å². The molecular weight excluding hydrogens is 475 g/mol. The van der Waals surface area contributed by atoms with E-state index in [9.17, 15) is 0 Å². The molecule has 178 valence electrons. The molecule has 6 heteroatoms. The lowest BCUT2D eigenvalue weighted by Gasteiger charge is -2.34. The Morgan fingerprint density at radius 1 is 0.697 bits per heavy atom. The molecule has 0 radical (unpaired) electrons. The van der Waals surface area contributed by atoms with Crippen molar-refractivity contribution in [1.29, 1.82) is 0 Å². The summed E-state index contributed by atoms with van der Waals surface area (Å²) in [5.74, 6) is 1.70. The molecule has 1 saturated heterocycles. The number of halogens is 3. The normalized spacial score (nSPS) is 14.2. The van der Waals surface area contributed by atoms with Crippen LogP contribution in [0.1, 0.15) is 17.5 Å². The number of ether oxygens (including phenoxy) is 1. The van der Waals surface area contributed by atoms with Gasteiger partial charge in [0.2, 0.25) is 0 Å². The van der Waals surface area contributed by atoms with E-state index in [4.69, 9.17) is 16.3 Å². The molecule has 4 rings (SSSR count). The highest BCUT2D eigenvalue weighted by Gasteiger charge is 2.17. The Balaban J connectivity index is 0.00000193. The van der Waals surface area contributed by atoms with E-state index in [0.29, 0.717) is 5.02 Å². The molecule has 1 heterocycles. The predicted octanol–water partition coefficient (Wildman–Crippen LogP) is 6.77. The minimum Gasteiger partial charge on any atom is -0.457 e. The van der Waals surface area contributed by atoms with Gasteiger partial charge >= 0.3 is 0 Å². The van der Waals surface area contributed by atoms with Crippen molar-refractivity contribution in [1.82, 2.24) is 9.80 Å². The number of piperazine rings is 1. The number of nitrogens with zero attached hydrogens (tertiary/aromatic N) is 2. The van der Waals surface area contributed by atoms with Gasteiger partial charge in [0.25, 0.3) is 0 Å². The topological polar surface area (TPSA) is 15.7 Å². The average Bonchev–Trinajstić information content (AvgIpc) is 2.81. The maximum Gasteiger partial charge on any atom is 0.132 e. The zero-order valence-electron chi connectivity index (χ0n) is 18.9. The molecule has 33 heavy (non-hydrogen) atoms. The number of para-hydroxylation sites is 1. The van der Waals surface area contributed by atoms with E-state index in [0.717, 1.165) is 50.6 Å². The van der Waals surface area contributed by atoms with Crippen LogP contribution in [-0.4, -0.2) is 49.1 Å². The molecule has 3 aromatic rings. The number of rotatable bonds is 9. The quantitative estimate of drug-likeness (QED) is 0.318. The van der Waals surface area contributed by atoms with Gasteiger partial charge in [-0.3, -0.25) is 0 Å². The van der Waals surface area contributed by atoms with Crippen LogP contribution in [0.2, 0.25) is 5.02 Å². The summed E-state index contributed by atoms with van der Waals surface area (Å²) in [4.78, 5) is 5.17. The zero-order chi connectivity index (χ0) is 21.3. The molecule has 0 aliphatic carbocycles. The molecule has 0 N–H and O–H groups in total. The summed E-state index contributed by atoms with van der Waals surface area (Å²) in [7, 11) is 0. The van der Waals surface area contributed by atoms with E-state index in [2.05, 4.69) is 46.2 Å². The van der Waals surface area contributed by atoms with Crippen molar-refractivity contribution < 1.29 is 4.74 Å². The van der Waals surface area contributed by atoms with Gasteiger partial charge in [0.15, 0.2) is 0 Å². The Morgan fingerprint density at radius 2 is 1.30 bits per heavy atom. The predicted molar refractivity (Wildman–Crippen MR) is 144 cm³/mol. The van der Waals surface area contributed by atoms with Gasteiger partial charge in [-0.15, -0.1) is 24.8 Å². The summed E-state index contributed by atoms with van der Waals surface area (Å²) < 4.78 is 6.12. The van der Waals surface area contributed by atoms with E-state index in [1.165, 1.54) is 30.5 Å². The fourth-order valence-corrected chi connectivity index (χ4v) is 4.27. The van der Waals surface area contributed by atoms with Crippen molar-refractivity contribution in [2.24, 2.45) is 0 Å². The lowest BCUT2D eigenvalue weighted by atomic mass is 10.1. The van der Waals surface area contributed by atoms with Crippen molar-refractivity contribution in [3.05, 3.63) is 95.0 Å². The highest BCUT2D eigenvalue weighted by Crippen LogP contribution is 2.29. The third-order valence-corrected chi connectivity index (χ3v) is 6.18. The van der Waals surface area contributed by atoms with Gasteiger partial charge in [0.1, 0.15) is 11.5 Å². The smallest absolute Gasteiger partial charge is 0.132 e. The van der Waals surface area contributed by atoms with Crippen LogP contribution in [0, 0.1) is 0 Å². The minimum atomic E-state index is 0. The standard InChI is InChI=1S/C27H31ClN2O.2ClH/c28-25-14-13-24(27(22-25)31-26-11-5-2-6-12-26)15-17-30-20-18-29(19-21-30)16-7-10-23-8-3-1-4-9-23;;/h1-6,8-9,11-14,22H,7,10,15-21H2;2*1H. The lowest BCUT2D eigenvalue weighted by Crippen LogP contribution is -2.47. The first kappa shape index (κ1) is 27.5. The summed E-state index contributed by atoms with van der Waals surface area (Å²) >= 11 is 6.23. The highest BCUT2D eigenvalue weighted by molar-refractivity contribution is 6.30. The van der Waals surface area contributed by atoms with Gasteiger partial charge in [-0.05, 0) is 61.2 Å². The number of aryl methyl sites for hydroxylation is 1. The van der Waals surface area contributed by atoms with Crippen LogP contribution in [0.4, 0.5) is 0 Å². The summed E-state index contributed by atoms with van der Waals surface area (Å²) in [5, 5.41) is 0.707. The second-order valence-corrected chi connectivity index (χ2v) is 8.63. The van der Waals surface area contributed by atoms with Gasteiger partial charge in [0, 0.05) is 37.7 Å². The molecule has 1 fully saturated rings. The average molecular weight is 508 g/mol. The van der Waals surface area contributed by atoms with Crippen molar-refractivity contribution in [3.63, 3.8) is 0 Å². The van der Waals surface area contributed by atoms with Crippen LogP contribution in [0.3, 0.4) is 0 Å². The number of hydrogen-bond donors (Lipinski definition) is 0. The van der Waals surface area contributed by atoms with Crippen LogP contribution in [-0.2, 0) is 12.8 Å². The molecule has 0 amide bonds. The Bertz CT molecular complexity index is 933. The molecule has 0 bridgehead atoms. The third-order valence-electron chi connectivity index (χ3n) is 5.95. The van der Waals surface area contributed by atoms with Crippen LogP contribution < -0.4 is 4.74 Å². The van der Waals surface area contributed by atoms with Crippen LogP contribution in [0.25, 0.3) is 0 Å². The molecule has 0 atom stereocenters. The number of benzene rings is 3. The maximum atomic E-state index is 6.23. The van der Waals surface area contributed by atoms with E-state index in [1.807, 2.05) is 42.5 Å². The fraction of sp³-hybridized carbons (Fsp3) is 0.333. The van der Waals surface area contributed by atoms with Crippen molar-refractivity contribution in [2.75, 3.05) is 39.3 Å². The Labute approximate surface area is 215 Å². The molecule has 0 aromatic heterocycles. The molecule has 3 aromatic carbocycles. The lowest BCUT2D eigenvalue weighted by molar-refractivity contribution is 0.132. The summed E-state index contributed by atoms with van der Waals surface area (Å²) in [5.41, 5.74) is 2.65. The molecule has 0 saturated carbocycles. The van der Waals surface area contributed by atoms with Gasteiger partial charge in [-0.25, -0.2) is 0 Å². The largest absolute Gasteiger partial charge is 0.457 e. The summed E-state index contributed by atoms with van der Waals surface area (Å²) in [6.07, 6.45) is 3.37. The first-order valence-corrected chi connectivity index (χ1v) is 11.6. The van der Waals surface area contributed by atoms with Gasteiger partial charge in [-0.2, -0.15) is 0 Å². The molecule has 1 aliphatic heterocycles. The Morgan fingerprint density at radius 3 is 1.97 bits per heavy atom. The van der Waals surface area contributed by atoms with Gasteiger partial charge in [-0.1, -0.05) is 66.2 Å². The SMILES string of the molecule is Cl.Cl.Clc1ccc(CCN2CCN(CCCc3ccccc3)CC2)c(Oc2ccccc2)c1. The van der Waals surface area contributed by atoms with E-state index in [-0.39, 0.29) is 24.8 Å². The van der Waals surface area contributed by atoms with Crippen molar-refractivity contribution in [3.8, 4) is 11.5 Å². The van der Waals surface area contributed by atoms with Crippen LogP contribution in [0.5, 0.6) is 11.5 Å². The Kier molecular flexibility index (Phi) is 12.1. The molecule has 3 nitrogen and oxygen atoms in total. The summed E-state index contributed by atoms with van der Waals surface area (Å²) in [6, 6.07) is 26.7. The van der Waals surface area contributed by atoms with Crippen LogP contribution in [0.15, 0.2) is 78.9 Å². The zero-order valence-corrected chi connectivity index (χ0v) is 21.3. The van der Waals surface area contributed by atoms with E-state index in [1.54, 1.807) is 0 Å². The van der Waals surface area contributed by atoms with E-state index < -0.39 is 0 Å². The minimum absolute atomic E-state index is 0. The Hall–Kier alpha value is -1.75. The second-order valence-electron chi connectivity index (χ2n) is 8.19. The molecule has 1 aliphatic rings. The monoisotopic (exact) mass is 506 g/mol. The van der Waals surface area contributed by atoms with Crippen LogP contribution >= 0.6 is 36.4 Å². The van der Waals surface area contributed by atoms with Crippen molar-refractivity contribution >= 4 is 36.4 Å². The number of hydrogen-bond acceptors (Lipinski definition) is 3. The first-order chi connectivity index (χ1) is 15.3. The molecule has 0 spiro atoms. The highest BCUT2D eigenvalue weighted by atomic mass is 35.5. The molecular formula is C27H33Cl3N2O. The maximum absolute atomic E-state index is 6.23. The second kappa shape index (κ2) is 14.5. The van der Waals surface area contributed by atoms with Crippen molar-refractivity contribution in [2.45, 2.75) is 19.3 Å². The van der Waals surface area contributed by atoms with E-state index >= 15 is 0 Å². The first-order valence-electron chi connectivity index (χ1n) is 11.3. The fourth-order valence-electron chi connectivity index (χ4n) is 4.11.